The summed E-state index contributed by atoms with van der Waals surface area (Å²) >= 11 is 0. The summed E-state index contributed by atoms with van der Waals surface area (Å²) < 4.78 is 1.58. The average Bonchev–Trinajstić information content (AvgIpc) is 3.21. The molecule has 4 rings (SSSR count). The van der Waals surface area contributed by atoms with Gasteiger partial charge in [0.1, 0.15) is 5.82 Å². The van der Waals surface area contributed by atoms with Gasteiger partial charge in [-0.3, -0.25) is 14.5 Å². The summed E-state index contributed by atoms with van der Waals surface area (Å²) in [6, 6.07) is 7.82. The van der Waals surface area contributed by atoms with Gasteiger partial charge >= 0.3 is 0 Å². The number of anilines is 1. The Morgan fingerprint density at radius 1 is 1.16 bits per heavy atom. The Morgan fingerprint density at radius 2 is 2.04 bits per heavy atom. The first-order chi connectivity index (χ1) is 12.1. The quantitative estimate of drug-likeness (QED) is 0.604. The van der Waals surface area contributed by atoms with E-state index in [-0.39, 0.29) is 5.91 Å². The van der Waals surface area contributed by atoms with E-state index in [4.69, 9.17) is 0 Å². The third kappa shape index (κ3) is 2.99. The van der Waals surface area contributed by atoms with Gasteiger partial charge in [0.05, 0.1) is 17.3 Å². The zero-order chi connectivity index (χ0) is 17.4. The summed E-state index contributed by atoms with van der Waals surface area (Å²) in [5, 5.41) is 7.75. The fourth-order valence-corrected chi connectivity index (χ4v) is 2.60. The predicted molar refractivity (Wildman–Crippen MR) is 95.2 cm³/mol. The summed E-state index contributed by atoms with van der Waals surface area (Å²) in [6.45, 7) is 1.95. The summed E-state index contributed by atoms with van der Waals surface area (Å²) in [6.07, 6.45) is 6.74. The number of fused-ring (bicyclic) bond motifs is 1. The van der Waals surface area contributed by atoms with Gasteiger partial charge in [-0.2, -0.15) is 5.10 Å². The molecule has 0 spiro atoms. The number of hydrogen-bond acceptors (Lipinski definition) is 4. The Hall–Kier alpha value is -3.48. The van der Waals surface area contributed by atoms with E-state index in [9.17, 15) is 4.79 Å². The molecule has 0 aliphatic carbocycles. The van der Waals surface area contributed by atoms with Gasteiger partial charge in [0, 0.05) is 54.0 Å². The van der Waals surface area contributed by atoms with Crippen LogP contribution in [0.15, 0.2) is 49.1 Å². The Kier molecular flexibility index (Phi) is 3.53. The second-order valence-corrected chi connectivity index (χ2v) is 5.88. The Balaban J connectivity index is 1.61. The Bertz CT molecular complexity index is 1060. The van der Waals surface area contributed by atoms with E-state index >= 15 is 0 Å². The van der Waals surface area contributed by atoms with Crippen LogP contribution in [0.2, 0.25) is 0 Å². The van der Waals surface area contributed by atoms with E-state index in [2.05, 4.69) is 25.4 Å². The minimum atomic E-state index is -0.241. The molecule has 2 N–H and O–H groups in total. The lowest BCUT2D eigenvalue weighted by atomic mass is 10.2. The van der Waals surface area contributed by atoms with Crippen molar-refractivity contribution in [3.63, 3.8) is 0 Å². The van der Waals surface area contributed by atoms with E-state index in [1.54, 1.807) is 24.1 Å². The number of aromatic nitrogens is 5. The smallest absolute Gasteiger partial charge is 0.260 e. The number of aryl methyl sites for hydroxylation is 2. The molecule has 0 saturated carbocycles. The van der Waals surface area contributed by atoms with Gasteiger partial charge in [0.2, 0.25) is 0 Å². The van der Waals surface area contributed by atoms with Crippen LogP contribution in [0.1, 0.15) is 16.1 Å². The highest BCUT2D eigenvalue weighted by Crippen LogP contribution is 2.24. The zero-order valence-corrected chi connectivity index (χ0v) is 13.8. The van der Waals surface area contributed by atoms with Crippen molar-refractivity contribution in [3.05, 3.63) is 60.3 Å². The second-order valence-electron chi connectivity index (χ2n) is 5.88. The number of carbonyl (C=O) groups is 1. The van der Waals surface area contributed by atoms with E-state index in [0.29, 0.717) is 11.4 Å². The minimum Gasteiger partial charge on any atom is -0.354 e. The maximum atomic E-state index is 12.2. The lowest BCUT2D eigenvalue weighted by Crippen LogP contribution is -2.12. The van der Waals surface area contributed by atoms with Crippen LogP contribution in [0, 0.1) is 6.92 Å². The number of hydrogen-bond donors (Lipinski definition) is 2. The SMILES string of the molecule is Cc1ccc(-c2cc3cnc(NC(=O)c4cnn(C)c4)cc3[nH]2)cn1. The first-order valence-electron chi connectivity index (χ1n) is 7.80. The maximum absolute atomic E-state index is 12.2. The third-order valence-electron chi connectivity index (χ3n) is 3.93. The lowest BCUT2D eigenvalue weighted by Gasteiger charge is -2.02. The van der Waals surface area contributed by atoms with Crippen LogP contribution in [0.4, 0.5) is 5.82 Å². The molecule has 7 heteroatoms. The molecule has 0 saturated heterocycles. The molecule has 7 nitrogen and oxygen atoms in total. The van der Waals surface area contributed by atoms with Gasteiger partial charge in [-0.15, -0.1) is 0 Å². The van der Waals surface area contributed by atoms with E-state index in [1.807, 2.05) is 37.4 Å². The summed E-state index contributed by atoms with van der Waals surface area (Å²) in [5.41, 5.74) is 4.32. The van der Waals surface area contributed by atoms with Crippen LogP contribution in [-0.2, 0) is 7.05 Å². The Labute approximate surface area is 143 Å². The molecule has 25 heavy (non-hydrogen) atoms. The molecule has 0 unspecified atom stereocenters. The molecular formula is C18H16N6O. The van der Waals surface area contributed by atoms with Crippen LogP contribution in [-0.4, -0.2) is 30.6 Å². The molecule has 0 aliphatic rings. The fourth-order valence-electron chi connectivity index (χ4n) is 2.60. The molecule has 4 aromatic heterocycles. The fraction of sp³-hybridized carbons (Fsp3) is 0.111. The van der Waals surface area contributed by atoms with Crippen molar-refractivity contribution in [3.8, 4) is 11.3 Å². The first kappa shape index (κ1) is 15.1. The van der Waals surface area contributed by atoms with Crippen molar-refractivity contribution in [2.75, 3.05) is 5.32 Å². The number of rotatable bonds is 3. The number of carbonyl (C=O) groups excluding carboxylic acids is 1. The summed E-state index contributed by atoms with van der Waals surface area (Å²) in [7, 11) is 1.77. The largest absolute Gasteiger partial charge is 0.354 e. The van der Waals surface area contributed by atoms with Crippen molar-refractivity contribution in [2.24, 2.45) is 7.05 Å². The first-order valence-corrected chi connectivity index (χ1v) is 7.80. The molecule has 0 bridgehead atoms. The molecule has 124 valence electrons. The van der Waals surface area contributed by atoms with Gasteiger partial charge in [-0.25, -0.2) is 4.98 Å². The van der Waals surface area contributed by atoms with Crippen molar-refractivity contribution >= 4 is 22.6 Å². The lowest BCUT2D eigenvalue weighted by molar-refractivity contribution is 0.102. The normalized spacial score (nSPS) is 11.0. The van der Waals surface area contributed by atoms with Crippen LogP contribution in [0.3, 0.4) is 0 Å². The summed E-state index contributed by atoms with van der Waals surface area (Å²) in [5.74, 6) is 0.242. The molecule has 0 aromatic carbocycles. The van der Waals surface area contributed by atoms with Crippen molar-refractivity contribution in [1.29, 1.82) is 0 Å². The van der Waals surface area contributed by atoms with Crippen LogP contribution < -0.4 is 5.32 Å². The van der Waals surface area contributed by atoms with Gasteiger partial charge in [-0.05, 0) is 25.1 Å². The Morgan fingerprint density at radius 3 is 2.76 bits per heavy atom. The van der Waals surface area contributed by atoms with Gasteiger partial charge in [0.15, 0.2) is 0 Å². The van der Waals surface area contributed by atoms with Crippen molar-refractivity contribution in [2.45, 2.75) is 6.92 Å². The van der Waals surface area contributed by atoms with Gasteiger partial charge in [-0.1, -0.05) is 0 Å². The van der Waals surface area contributed by atoms with Gasteiger partial charge < -0.3 is 10.3 Å². The zero-order valence-electron chi connectivity index (χ0n) is 13.8. The minimum absolute atomic E-state index is 0.241. The third-order valence-corrected chi connectivity index (χ3v) is 3.93. The number of nitrogens with one attached hydrogen (secondary N) is 2. The van der Waals surface area contributed by atoms with Crippen LogP contribution >= 0.6 is 0 Å². The van der Waals surface area contributed by atoms with Crippen molar-refractivity contribution in [1.82, 2.24) is 24.7 Å². The number of aromatic amines is 1. The van der Waals surface area contributed by atoms with Gasteiger partial charge in [0.25, 0.3) is 5.91 Å². The molecule has 0 radical (unpaired) electrons. The standard InChI is InChI=1S/C18H16N6O/c1-11-3-4-12(7-19-11)15-5-13-8-20-17(6-16(13)22-15)23-18(25)14-9-21-24(2)10-14/h3-10,22H,1-2H3,(H,20,23,25). The molecule has 0 fully saturated rings. The van der Waals surface area contributed by atoms with E-state index in [0.717, 1.165) is 27.9 Å². The average molecular weight is 332 g/mol. The second kappa shape index (κ2) is 5.86. The maximum Gasteiger partial charge on any atom is 0.260 e. The predicted octanol–water partition coefficient (Wildman–Crippen LogP) is 2.92. The van der Waals surface area contributed by atoms with Crippen LogP contribution in [0.5, 0.6) is 0 Å². The molecule has 1 amide bonds. The highest BCUT2D eigenvalue weighted by Gasteiger charge is 2.10. The summed E-state index contributed by atoms with van der Waals surface area (Å²) in [4.78, 5) is 24.2. The highest BCUT2D eigenvalue weighted by molar-refractivity contribution is 6.04. The van der Waals surface area contributed by atoms with E-state index < -0.39 is 0 Å². The number of pyridine rings is 2. The molecule has 0 atom stereocenters. The number of H-pyrrole nitrogens is 1. The molecule has 4 aromatic rings. The van der Waals surface area contributed by atoms with Crippen LogP contribution in [0.25, 0.3) is 22.2 Å². The molecule has 0 aliphatic heterocycles. The number of nitrogens with zero attached hydrogens (tertiary/aromatic N) is 4. The molecular weight excluding hydrogens is 316 g/mol. The van der Waals surface area contributed by atoms with Crippen molar-refractivity contribution < 1.29 is 4.79 Å². The molecule has 4 heterocycles. The topological polar surface area (TPSA) is 88.5 Å². The monoisotopic (exact) mass is 332 g/mol. The van der Waals surface area contributed by atoms with E-state index in [1.165, 1.54) is 6.20 Å². The highest BCUT2D eigenvalue weighted by atomic mass is 16.1. The number of amides is 1.